The molecule has 0 aliphatic rings. The van der Waals surface area contributed by atoms with Gasteiger partial charge in [0.25, 0.3) is 0 Å². The average molecular weight is 354 g/mol. The van der Waals surface area contributed by atoms with Crippen LogP contribution in [0.3, 0.4) is 0 Å². The van der Waals surface area contributed by atoms with E-state index in [2.05, 4.69) is 37.9 Å². The molecule has 0 bridgehead atoms. The second kappa shape index (κ2) is 7.48. The molecule has 26 heavy (non-hydrogen) atoms. The molecule has 0 spiro atoms. The fourth-order valence-corrected chi connectivity index (χ4v) is 2.96. The van der Waals surface area contributed by atoms with Gasteiger partial charge in [-0.05, 0) is 35.2 Å². The number of aliphatic hydroxyl groups excluding tert-OH is 2. The number of para-hydroxylation sites is 2. The zero-order valence-electron chi connectivity index (χ0n) is 15.5. The molecule has 5 heteroatoms. The van der Waals surface area contributed by atoms with Gasteiger partial charge in [0.05, 0.1) is 17.6 Å². The van der Waals surface area contributed by atoms with Crippen molar-refractivity contribution in [1.29, 1.82) is 0 Å². The van der Waals surface area contributed by atoms with E-state index in [1.54, 1.807) is 0 Å². The van der Waals surface area contributed by atoms with Crippen LogP contribution in [0, 0.1) is 0 Å². The molecule has 2 aromatic carbocycles. The van der Waals surface area contributed by atoms with Crippen LogP contribution in [0.2, 0.25) is 0 Å². The predicted molar refractivity (Wildman–Crippen MR) is 102 cm³/mol. The molecular formula is C21H26N2O3. The highest BCUT2D eigenvalue weighted by molar-refractivity contribution is 5.75. The minimum absolute atomic E-state index is 0.0984. The Morgan fingerprint density at radius 1 is 1.08 bits per heavy atom. The second-order valence-corrected chi connectivity index (χ2v) is 7.52. The summed E-state index contributed by atoms with van der Waals surface area (Å²) in [5, 5.41) is 19.9. The summed E-state index contributed by atoms with van der Waals surface area (Å²) in [6, 6.07) is 15.6. The molecule has 5 nitrogen and oxygen atoms in total. The largest absolute Gasteiger partial charge is 0.491 e. The molecule has 1 unspecified atom stereocenters. The number of rotatable bonds is 6. The number of hydrogen-bond acceptors (Lipinski definition) is 4. The summed E-state index contributed by atoms with van der Waals surface area (Å²) in [5.74, 6) is 1.27. The highest BCUT2D eigenvalue weighted by atomic mass is 16.5. The van der Waals surface area contributed by atoms with Crippen molar-refractivity contribution in [3.05, 3.63) is 59.9 Å². The fraction of sp³-hybridized carbons (Fsp3) is 0.381. The molecule has 0 saturated carbocycles. The van der Waals surface area contributed by atoms with Crippen molar-refractivity contribution >= 4 is 11.0 Å². The first kappa shape index (κ1) is 18.4. The van der Waals surface area contributed by atoms with Crippen LogP contribution in [-0.2, 0) is 18.6 Å². The van der Waals surface area contributed by atoms with Gasteiger partial charge in [-0.25, -0.2) is 4.98 Å². The van der Waals surface area contributed by atoms with Gasteiger partial charge in [-0.2, -0.15) is 0 Å². The van der Waals surface area contributed by atoms with Crippen molar-refractivity contribution in [2.45, 2.75) is 45.4 Å². The first-order valence-electron chi connectivity index (χ1n) is 8.85. The van der Waals surface area contributed by atoms with Crippen molar-refractivity contribution in [3.63, 3.8) is 0 Å². The number of ether oxygens (including phenoxy) is 1. The van der Waals surface area contributed by atoms with Gasteiger partial charge < -0.3 is 19.5 Å². The van der Waals surface area contributed by atoms with E-state index in [1.807, 2.05) is 41.0 Å². The van der Waals surface area contributed by atoms with E-state index < -0.39 is 6.10 Å². The van der Waals surface area contributed by atoms with Crippen LogP contribution in [0.15, 0.2) is 48.5 Å². The molecule has 0 amide bonds. The summed E-state index contributed by atoms with van der Waals surface area (Å²) < 4.78 is 7.56. The Labute approximate surface area is 153 Å². The zero-order valence-corrected chi connectivity index (χ0v) is 15.5. The molecule has 1 aromatic heterocycles. The number of benzene rings is 2. The van der Waals surface area contributed by atoms with Gasteiger partial charge in [-0.15, -0.1) is 0 Å². The fourth-order valence-electron chi connectivity index (χ4n) is 2.96. The quantitative estimate of drug-likeness (QED) is 0.713. The third-order valence-electron chi connectivity index (χ3n) is 4.43. The molecule has 3 aromatic rings. The zero-order chi connectivity index (χ0) is 18.7. The van der Waals surface area contributed by atoms with Crippen LogP contribution in [-0.4, -0.2) is 32.5 Å². The summed E-state index contributed by atoms with van der Waals surface area (Å²) in [7, 11) is 0. The Kier molecular flexibility index (Phi) is 5.30. The van der Waals surface area contributed by atoms with Crippen LogP contribution in [0.1, 0.15) is 32.2 Å². The van der Waals surface area contributed by atoms with Gasteiger partial charge in [0, 0.05) is 0 Å². The van der Waals surface area contributed by atoms with Gasteiger partial charge in [0.2, 0.25) is 0 Å². The lowest BCUT2D eigenvalue weighted by atomic mass is 9.87. The molecule has 0 fully saturated rings. The highest BCUT2D eigenvalue weighted by Gasteiger charge is 2.15. The van der Waals surface area contributed by atoms with E-state index in [-0.39, 0.29) is 18.6 Å². The highest BCUT2D eigenvalue weighted by Crippen LogP contribution is 2.24. The summed E-state index contributed by atoms with van der Waals surface area (Å²) >= 11 is 0. The van der Waals surface area contributed by atoms with Crippen molar-refractivity contribution < 1.29 is 14.9 Å². The molecule has 0 radical (unpaired) electrons. The monoisotopic (exact) mass is 354 g/mol. The van der Waals surface area contributed by atoms with E-state index in [0.717, 1.165) is 16.8 Å². The third-order valence-corrected chi connectivity index (χ3v) is 4.43. The van der Waals surface area contributed by atoms with Crippen LogP contribution in [0.5, 0.6) is 5.75 Å². The third kappa shape index (κ3) is 4.06. The lowest BCUT2D eigenvalue weighted by Gasteiger charge is -2.19. The van der Waals surface area contributed by atoms with E-state index in [9.17, 15) is 10.2 Å². The lowest BCUT2D eigenvalue weighted by Crippen LogP contribution is -2.24. The minimum atomic E-state index is -0.708. The number of aromatic nitrogens is 2. The van der Waals surface area contributed by atoms with Gasteiger partial charge in [0.1, 0.15) is 30.9 Å². The molecule has 1 heterocycles. The second-order valence-electron chi connectivity index (χ2n) is 7.52. The first-order chi connectivity index (χ1) is 12.4. The van der Waals surface area contributed by atoms with Crippen molar-refractivity contribution in [3.8, 4) is 5.75 Å². The maximum absolute atomic E-state index is 10.4. The topological polar surface area (TPSA) is 67.5 Å². The maximum atomic E-state index is 10.4. The molecule has 0 aliphatic carbocycles. The molecule has 3 rings (SSSR count). The van der Waals surface area contributed by atoms with E-state index in [4.69, 9.17) is 4.74 Å². The Bertz CT molecular complexity index is 863. The van der Waals surface area contributed by atoms with E-state index in [0.29, 0.717) is 12.4 Å². The van der Waals surface area contributed by atoms with Crippen molar-refractivity contribution in [1.82, 2.24) is 9.55 Å². The average Bonchev–Trinajstić information content (AvgIpc) is 2.97. The van der Waals surface area contributed by atoms with Crippen molar-refractivity contribution in [2.24, 2.45) is 0 Å². The first-order valence-corrected chi connectivity index (χ1v) is 8.85. The SMILES string of the molecule is CC(C)(C)c1ccc(OCC(O)Cn2c(CO)nc3ccccc32)cc1. The van der Waals surface area contributed by atoms with Crippen LogP contribution >= 0.6 is 0 Å². The molecule has 1 atom stereocenters. The molecule has 0 saturated heterocycles. The smallest absolute Gasteiger partial charge is 0.135 e. The molecule has 138 valence electrons. The molecule has 0 aliphatic heterocycles. The van der Waals surface area contributed by atoms with Crippen LogP contribution < -0.4 is 4.74 Å². The minimum Gasteiger partial charge on any atom is -0.491 e. The van der Waals surface area contributed by atoms with Gasteiger partial charge >= 0.3 is 0 Å². The maximum Gasteiger partial charge on any atom is 0.135 e. The number of hydrogen-bond donors (Lipinski definition) is 2. The normalized spacial score (nSPS) is 13.1. The molecular weight excluding hydrogens is 328 g/mol. The number of fused-ring (bicyclic) bond motifs is 1. The summed E-state index contributed by atoms with van der Waals surface area (Å²) in [4.78, 5) is 4.40. The Morgan fingerprint density at radius 3 is 2.42 bits per heavy atom. The summed E-state index contributed by atoms with van der Waals surface area (Å²) in [5.41, 5.74) is 3.04. The molecule has 2 N–H and O–H groups in total. The van der Waals surface area contributed by atoms with Crippen LogP contribution in [0.25, 0.3) is 11.0 Å². The number of nitrogens with zero attached hydrogens (tertiary/aromatic N) is 2. The Morgan fingerprint density at radius 2 is 1.77 bits per heavy atom. The van der Waals surface area contributed by atoms with Gasteiger partial charge in [-0.1, -0.05) is 45.0 Å². The van der Waals surface area contributed by atoms with E-state index in [1.165, 1.54) is 5.56 Å². The predicted octanol–water partition coefficient (Wildman–Crippen LogP) is 3.27. The Hall–Kier alpha value is -2.37. The van der Waals surface area contributed by atoms with Gasteiger partial charge in [-0.3, -0.25) is 0 Å². The summed E-state index contributed by atoms with van der Waals surface area (Å²) in [6.07, 6.45) is -0.708. The summed E-state index contributed by atoms with van der Waals surface area (Å²) in [6.45, 7) is 6.82. The van der Waals surface area contributed by atoms with Gasteiger partial charge in [0.15, 0.2) is 0 Å². The van der Waals surface area contributed by atoms with E-state index >= 15 is 0 Å². The van der Waals surface area contributed by atoms with Crippen molar-refractivity contribution in [2.75, 3.05) is 6.61 Å². The Balaban J connectivity index is 1.65. The van der Waals surface area contributed by atoms with Crippen LogP contribution in [0.4, 0.5) is 0 Å². The standard InChI is InChI=1S/C21H26N2O3/c1-21(2,3)15-8-10-17(11-9-15)26-14-16(25)12-23-19-7-5-4-6-18(19)22-20(23)13-24/h4-11,16,24-25H,12-14H2,1-3H3. The number of aliphatic hydroxyl groups is 2. The lowest BCUT2D eigenvalue weighted by molar-refractivity contribution is 0.0914. The number of imidazole rings is 1.